The molecule has 0 unspecified atom stereocenters. The van der Waals surface area contributed by atoms with Gasteiger partial charge in [0.25, 0.3) is 0 Å². The molecule has 1 heterocycles. The van der Waals surface area contributed by atoms with Crippen molar-refractivity contribution in [3.8, 4) is 0 Å². The van der Waals surface area contributed by atoms with Gasteiger partial charge in [-0.1, -0.05) is 18.3 Å². The lowest BCUT2D eigenvalue weighted by Gasteiger charge is -1.94. The molecule has 4 heteroatoms. The van der Waals surface area contributed by atoms with Crippen molar-refractivity contribution in [3.05, 3.63) is 5.01 Å². The summed E-state index contributed by atoms with van der Waals surface area (Å²) in [6, 6.07) is 0. The molecule has 0 spiro atoms. The van der Waals surface area contributed by atoms with Gasteiger partial charge in [-0.3, -0.25) is 0 Å². The van der Waals surface area contributed by atoms with Crippen molar-refractivity contribution < 1.29 is 0 Å². The average molecular weight is 157 g/mol. The van der Waals surface area contributed by atoms with Crippen LogP contribution in [0, 0.1) is 6.92 Å². The van der Waals surface area contributed by atoms with Crippen LogP contribution in [0.25, 0.3) is 0 Å². The predicted octanol–water partition coefficient (Wildman–Crippen LogP) is 1.67. The van der Waals surface area contributed by atoms with Crippen molar-refractivity contribution in [1.82, 2.24) is 10.2 Å². The molecular weight excluding hydrogens is 146 g/mol. The van der Waals surface area contributed by atoms with E-state index >= 15 is 0 Å². The minimum absolute atomic E-state index is 0.930. The summed E-state index contributed by atoms with van der Waals surface area (Å²) in [4.78, 5) is 0. The molecule has 0 bridgehead atoms. The molecule has 0 saturated carbocycles. The van der Waals surface area contributed by atoms with Crippen molar-refractivity contribution in [1.29, 1.82) is 0 Å². The number of aromatic nitrogens is 2. The predicted molar refractivity (Wildman–Crippen MR) is 43.4 cm³/mol. The summed E-state index contributed by atoms with van der Waals surface area (Å²) in [5.74, 6) is 0. The standard InChI is InChI=1S/C6H11N3S/c1-3-4-7-6-9-8-5(2)10-6/h3-4H2,1-2H3,(H,7,9). The van der Waals surface area contributed by atoms with Crippen LogP contribution in [0.15, 0.2) is 0 Å². The van der Waals surface area contributed by atoms with Gasteiger partial charge in [0.15, 0.2) is 0 Å². The summed E-state index contributed by atoms with van der Waals surface area (Å²) in [6.07, 6.45) is 1.12. The Balaban J connectivity index is 2.42. The normalized spacial score (nSPS) is 9.80. The van der Waals surface area contributed by atoms with E-state index in [1.165, 1.54) is 0 Å². The Labute approximate surface area is 64.5 Å². The van der Waals surface area contributed by atoms with Crippen LogP contribution in [0.2, 0.25) is 0 Å². The molecular formula is C6H11N3S. The van der Waals surface area contributed by atoms with E-state index in [9.17, 15) is 0 Å². The second kappa shape index (κ2) is 3.51. The van der Waals surface area contributed by atoms with Gasteiger partial charge in [0.05, 0.1) is 0 Å². The number of nitrogens with zero attached hydrogens (tertiary/aromatic N) is 2. The number of hydrogen-bond acceptors (Lipinski definition) is 4. The van der Waals surface area contributed by atoms with Gasteiger partial charge in [0.1, 0.15) is 5.01 Å². The number of aryl methyl sites for hydroxylation is 1. The maximum Gasteiger partial charge on any atom is 0.205 e. The van der Waals surface area contributed by atoms with Crippen LogP contribution in [-0.2, 0) is 0 Å². The number of rotatable bonds is 3. The molecule has 10 heavy (non-hydrogen) atoms. The average Bonchev–Trinajstić information content (AvgIpc) is 2.31. The molecule has 1 N–H and O–H groups in total. The van der Waals surface area contributed by atoms with Crippen LogP contribution in [-0.4, -0.2) is 16.7 Å². The summed E-state index contributed by atoms with van der Waals surface area (Å²) < 4.78 is 0. The molecule has 3 nitrogen and oxygen atoms in total. The fraction of sp³-hybridized carbons (Fsp3) is 0.667. The summed E-state index contributed by atoms with van der Waals surface area (Å²) >= 11 is 1.59. The third kappa shape index (κ3) is 1.95. The zero-order valence-electron chi connectivity index (χ0n) is 6.22. The lowest BCUT2D eigenvalue weighted by atomic mass is 10.5. The first-order valence-electron chi connectivity index (χ1n) is 3.37. The highest BCUT2D eigenvalue weighted by Gasteiger charge is 1.95. The first kappa shape index (κ1) is 7.47. The Morgan fingerprint density at radius 2 is 2.30 bits per heavy atom. The summed E-state index contributed by atoms with van der Waals surface area (Å²) in [5, 5.41) is 12.9. The molecule has 0 radical (unpaired) electrons. The highest BCUT2D eigenvalue weighted by molar-refractivity contribution is 7.15. The smallest absolute Gasteiger partial charge is 0.205 e. The van der Waals surface area contributed by atoms with Gasteiger partial charge in [0, 0.05) is 6.54 Å². The van der Waals surface area contributed by atoms with Gasteiger partial charge >= 0.3 is 0 Å². The summed E-state index contributed by atoms with van der Waals surface area (Å²) in [6.45, 7) is 5.06. The van der Waals surface area contributed by atoms with Gasteiger partial charge in [-0.25, -0.2) is 0 Å². The SMILES string of the molecule is CCCNc1nnc(C)s1. The van der Waals surface area contributed by atoms with E-state index in [0.717, 1.165) is 23.1 Å². The Hall–Kier alpha value is -0.640. The zero-order chi connectivity index (χ0) is 7.40. The molecule has 0 aliphatic rings. The van der Waals surface area contributed by atoms with Gasteiger partial charge in [0.2, 0.25) is 5.13 Å². The first-order valence-corrected chi connectivity index (χ1v) is 4.18. The van der Waals surface area contributed by atoms with E-state index < -0.39 is 0 Å². The van der Waals surface area contributed by atoms with Crippen LogP contribution in [0.3, 0.4) is 0 Å². The van der Waals surface area contributed by atoms with Crippen LogP contribution in [0.5, 0.6) is 0 Å². The maximum atomic E-state index is 3.91. The van der Waals surface area contributed by atoms with Gasteiger partial charge < -0.3 is 5.32 Å². The second-order valence-electron chi connectivity index (χ2n) is 2.05. The molecule has 0 aliphatic heterocycles. The van der Waals surface area contributed by atoms with Crippen molar-refractivity contribution >= 4 is 16.5 Å². The molecule has 1 rings (SSSR count). The van der Waals surface area contributed by atoms with E-state index in [0.29, 0.717) is 0 Å². The van der Waals surface area contributed by atoms with Crippen molar-refractivity contribution in [2.75, 3.05) is 11.9 Å². The van der Waals surface area contributed by atoms with Gasteiger partial charge in [-0.2, -0.15) is 0 Å². The maximum absolute atomic E-state index is 3.91. The highest BCUT2D eigenvalue weighted by Crippen LogP contribution is 2.12. The minimum atomic E-state index is 0.930. The minimum Gasteiger partial charge on any atom is -0.360 e. The summed E-state index contributed by atoms with van der Waals surface area (Å²) in [7, 11) is 0. The van der Waals surface area contributed by atoms with E-state index in [2.05, 4.69) is 22.4 Å². The molecule has 0 saturated heterocycles. The van der Waals surface area contributed by atoms with Crippen LogP contribution < -0.4 is 5.32 Å². The van der Waals surface area contributed by atoms with Crippen LogP contribution >= 0.6 is 11.3 Å². The van der Waals surface area contributed by atoms with Crippen molar-refractivity contribution in [2.45, 2.75) is 20.3 Å². The largest absolute Gasteiger partial charge is 0.360 e. The number of nitrogens with one attached hydrogen (secondary N) is 1. The molecule has 0 fully saturated rings. The van der Waals surface area contributed by atoms with E-state index in [1.807, 2.05) is 6.92 Å². The Bertz CT molecular complexity index is 197. The third-order valence-corrected chi connectivity index (χ3v) is 1.85. The van der Waals surface area contributed by atoms with Crippen molar-refractivity contribution in [2.24, 2.45) is 0 Å². The molecule has 0 aliphatic carbocycles. The fourth-order valence-corrected chi connectivity index (χ4v) is 1.22. The van der Waals surface area contributed by atoms with E-state index in [4.69, 9.17) is 0 Å². The van der Waals surface area contributed by atoms with Crippen LogP contribution in [0.1, 0.15) is 18.4 Å². The van der Waals surface area contributed by atoms with Crippen molar-refractivity contribution in [3.63, 3.8) is 0 Å². The summed E-state index contributed by atoms with van der Waals surface area (Å²) in [5.41, 5.74) is 0. The lowest BCUT2D eigenvalue weighted by molar-refractivity contribution is 0.959. The van der Waals surface area contributed by atoms with Gasteiger partial charge in [-0.15, -0.1) is 10.2 Å². The Morgan fingerprint density at radius 3 is 2.80 bits per heavy atom. The zero-order valence-corrected chi connectivity index (χ0v) is 7.03. The van der Waals surface area contributed by atoms with Crippen LogP contribution in [0.4, 0.5) is 5.13 Å². The number of anilines is 1. The Morgan fingerprint density at radius 1 is 1.50 bits per heavy atom. The molecule has 1 aromatic rings. The quantitative estimate of drug-likeness (QED) is 0.725. The lowest BCUT2D eigenvalue weighted by Crippen LogP contribution is -1.98. The highest BCUT2D eigenvalue weighted by atomic mass is 32.1. The van der Waals surface area contributed by atoms with E-state index in [1.54, 1.807) is 11.3 Å². The fourth-order valence-electron chi connectivity index (χ4n) is 0.600. The monoisotopic (exact) mass is 157 g/mol. The van der Waals surface area contributed by atoms with E-state index in [-0.39, 0.29) is 0 Å². The molecule has 0 amide bonds. The first-order chi connectivity index (χ1) is 4.83. The number of hydrogen-bond donors (Lipinski definition) is 1. The topological polar surface area (TPSA) is 37.8 Å². The molecule has 0 aromatic carbocycles. The molecule has 0 atom stereocenters. The van der Waals surface area contributed by atoms with Gasteiger partial charge in [-0.05, 0) is 13.3 Å². The Kier molecular flexibility index (Phi) is 2.62. The second-order valence-corrected chi connectivity index (χ2v) is 3.23. The molecule has 56 valence electrons. The molecule has 1 aromatic heterocycles. The third-order valence-electron chi connectivity index (χ3n) is 1.05.